The zero-order valence-corrected chi connectivity index (χ0v) is 12.5. The number of hydrogen-bond donors (Lipinski definition) is 1. The van der Waals surface area contributed by atoms with Gasteiger partial charge in [0.25, 0.3) is 0 Å². The van der Waals surface area contributed by atoms with Gasteiger partial charge in [0.05, 0.1) is 12.5 Å². The lowest BCUT2D eigenvalue weighted by Crippen LogP contribution is -2.41. The lowest BCUT2D eigenvalue weighted by molar-refractivity contribution is -0.136. The van der Waals surface area contributed by atoms with Crippen molar-refractivity contribution in [2.75, 3.05) is 33.4 Å². The Hall–Kier alpha value is -1.59. The van der Waals surface area contributed by atoms with Gasteiger partial charge in [0, 0.05) is 20.2 Å². The van der Waals surface area contributed by atoms with Crippen LogP contribution in [0.25, 0.3) is 0 Å². The molecular formula is C16H23NO4. The first-order chi connectivity index (χ1) is 10.2. The van der Waals surface area contributed by atoms with Gasteiger partial charge in [-0.25, -0.2) is 0 Å². The minimum atomic E-state index is -0.818. The highest BCUT2D eigenvalue weighted by molar-refractivity contribution is 5.70. The number of carboxylic acids is 1. The number of nitrogens with zero attached hydrogens (tertiary/aromatic N) is 1. The average molecular weight is 293 g/mol. The van der Waals surface area contributed by atoms with E-state index < -0.39 is 5.97 Å². The monoisotopic (exact) mass is 293 g/mol. The number of piperidine rings is 1. The molecule has 0 aromatic heterocycles. The summed E-state index contributed by atoms with van der Waals surface area (Å²) in [5, 5.41) is 8.72. The molecule has 1 saturated heterocycles. The molecule has 1 aromatic carbocycles. The summed E-state index contributed by atoms with van der Waals surface area (Å²) in [4.78, 5) is 13.0. The molecule has 2 rings (SSSR count). The van der Waals surface area contributed by atoms with E-state index >= 15 is 0 Å². The molecule has 1 atom stereocenters. The lowest BCUT2D eigenvalue weighted by atomic mass is 10.1. The summed E-state index contributed by atoms with van der Waals surface area (Å²) in [6, 6.07) is 7.25. The molecule has 5 heteroatoms. The standard InChI is InChI=1S/C16H23NO4/c1-20-15-3-2-8-17(12-15)9-10-21-14-6-4-13(5-7-14)11-16(18)19/h4-7,15H,2-3,8-12H2,1H3,(H,18,19). The summed E-state index contributed by atoms with van der Waals surface area (Å²) in [5.74, 6) is -0.0362. The SMILES string of the molecule is COC1CCCN(CCOc2ccc(CC(=O)O)cc2)C1. The van der Waals surface area contributed by atoms with Gasteiger partial charge < -0.3 is 14.6 Å². The number of methoxy groups -OCH3 is 1. The Kier molecular flexibility index (Phi) is 6.02. The Bertz CT molecular complexity index is 446. The molecule has 1 N–H and O–H groups in total. The van der Waals surface area contributed by atoms with Gasteiger partial charge in [0.2, 0.25) is 0 Å². The normalized spacial score (nSPS) is 19.4. The summed E-state index contributed by atoms with van der Waals surface area (Å²) in [6.07, 6.45) is 2.70. The van der Waals surface area contributed by atoms with Gasteiger partial charge in [-0.1, -0.05) is 12.1 Å². The number of benzene rings is 1. The Labute approximate surface area is 125 Å². The Balaban J connectivity index is 1.71. The molecule has 0 radical (unpaired) electrons. The van der Waals surface area contributed by atoms with Gasteiger partial charge in [-0.05, 0) is 37.1 Å². The van der Waals surface area contributed by atoms with Crippen molar-refractivity contribution < 1.29 is 19.4 Å². The van der Waals surface area contributed by atoms with Crippen LogP contribution in [0.15, 0.2) is 24.3 Å². The number of hydrogen-bond acceptors (Lipinski definition) is 4. The fourth-order valence-electron chi connectivity index (χ4n) is 2.58. The highest BCUT2D eigenvalue weighted by atomic mass is 16.5. The lowest BCUT2D eigenvalue weighted by Gasteiger charge is -2.31. The molecule has 1 aliphatic heterocycles. The highest BCUT2D eigenvalue weighted by Crippen LogP contribution is 2.14. The van der Waals surface area contributed by atoms with Gasteiger partial charge in [-0.15, -0.1) is 0 Å². The van der Waals surface area contributed by atoms with Crippen LogP contribution < -0.4 is 4.74 Å². The van der Waals surface area contributed by atoms with Crippen LogP contribution in [0.1, 0.15) is 18.4 Å². The summed E-state index contributed by atoms with van der Waals surface area (Å²) < 4.78 is 11.1. The number of carbonyl (C=O) groups is 1. The minimum absolute atomic E-state index is 0.0481. The van der Waals surface area contributed by atoms with Crippen LogP contribution in [-0.4, -0.2) is 55.4 Å². The molecule has 0 bridgehead atoms. The van der Waals surface area contributed by atoms with Gasteiger partial charge in [0.15, 0.2) is 0 Å². The fourth-order valence-corrected chi connectivity index (χ4v) is 2.58. The molecule has 0 amide bonds. The van der Waals surface area contributed by atoms with Crippen LogP contribution in [0.4, 0.5) is 0 Å². The predicted octanol–water partition coefficient (Wildman–Crippen LogP) is 1.80. The van der Waals surface area contributed by atoms with E-state index in [9.17, 15) is 4.79 Å². The molecule has 1 fully saturated rings. The number of aliphatic carboxylic acids is 1. The van der Waals surface area contributed by atoms with E-state index in [0.717, 1.165) is 37.4 Å². The molecule has 5 nitrogen and oxygen atoms in total. The number of rotatable bonds is 7. The van der Waals surface area contributed by atoms with Crippen molar-refractivity contribution in [1.29, 1.82) is 0 Å². The van der Waals surface area contributed by atoms with E-state index in [1.165, 1.54) is 6.42 Å². The average Bonchev–Trinajstić information content (AvgIpc) is 2.49. The van der Waals surface area contributed by atoms with Crippen LogP contribution in [0, 0.1) is 0 Å². The summed E-state index contributed by atoms with van der Waals surface area (Å²) in [5.41, 5.74) is 0.786. The summed E-state index contributed by atoms with van der Waals surface area (Å²) in [7, 11) is 1.77. The van der Waals surface area contributed by atoms with Crippen LogP contribution >= 0.6 is 0 Å². The highest BCUT2D eigenvalue weighted by Gasteiger charge is 2.18. The van der Waals surface area contributed by atoms with E-state index in [1.807, 2.05) is 12.1 Å². The fraction of sp³-hybridized carbons (Fsp3) is 0.562. The van der Waals surface area contributed by atoms with Crippen molar-refractivity contribution in [2.45, 2.75) is 25.4 Å². The van der Waals surface area contributed by atoms with E-state index in [2.05, 4.69) is 4.90 Å². The van der Waals surface area contributed by atoms with Crippen LogP contribution in [0.5, 0.6) is 5.75 Å². The second-order valence-electron chi connectivity index (χ2n) is 5.36. The molecule has 1 heterocycles. The number of likely N-dealkylation sites (tertiary alicyclic amines) is 1. The Morgan fingerprint density at radius 2 is 2.14 bits per heavy atom. The van der Waals surface area contributed by atoms with Gasteiger partial charge in [0.1, 0.15) is 12.4 Å². The van der Waals surface area contributed by atoms with Crippen LogP contribution in [0.3, 0.4) is 0 Å². The molecule has 116 valence electrons. The first-order valence-corrected chi connectivity index (χ1v) is 7.36. The van der Waals surface area contributed by atoms with Crippen molar-refractivity contribution in [3.8, 4) is 5.75 Å². The second-order valence-corrected chi connectivity index (χ2v) is 5.36. The zero-order valence-electron chi connectivity index (χ0n) is 12.5. The molecule has 1 aliphatic rings. The molecule has 1 aromatic rings. The van der Waals surface area contributed by atoms with Gasteiger partial charge in [-0.2, -0.15) is 0 Å². The van der Waals surface area contributed by atoms with Crippen molar-refractivity contribution in [3.63, 3.8) is 0 Å². The molecule has 0 saturated carbocycles. The van der Waals surface area contributed by atoms with Gasteiger partial charge in [-0.3, -0.25) is 9.69 Å². The molecule has 1 unspecified atom stereocenters. The second kappa shape index (κ2) is 8.00. The molecule has 0 aliphatic carbocycles. The third-order valence-corrected chi connectivity index (χ3v) is 3.75. The maximum absolute atomic E-state index is 10.6. The summed E-state index contributed by atoms with van der Waals surface area (Å²) >= 11 is 0. The van der Waals surface area contributed by atoms with Crippen LogP contribution in [0.2, 0.25) is 0 Å². The van der Waals surface area contributed by atoms with Crippen molar-refractivity contribution in [2.24, 2.45) is 0 Å². The Morgan fingerprint density at radius 3 is 2.81 bits per heavy atom. The molecule has 0 spiro atoms. The van der Waals surface area contributed by atoms with E-state index in [1.54, 1.807) is 19.2 Å². The third-order valence-electron chi connectivity index (χ3n) is 3.75. The van der Waals surface area contributed by atoms with Crippen molar-refractivity contribution in [1.82, 2.24) is 4.90 Å². The van der Waals surface area contributed by atoms with Crippen molar-refractivity contribution in [3.05, 3.63) is 29.8 Å². The van der Waals surface area contributed by atoms with E-state index in [4.69, 9.17) is 14.6 Å². The Morgan fingerprint density at radius 1 is 1.38 bits per heavy atom. The predicted molar refractivity (Wildman–Crippen MR) is 79.7 cm³/mol. The molecule has 21 heavy (non-hydrogen) atoms. The first kappa shape index (κ1) is 15.8. The first-order valence-electron chi connectivity index (χ1n) is 7.36. The van der Waals surface area contributed by atoms with Crippen LogP contribution in [-0.2, 0) is 16.0 Å². The third kappa shape index (κ3) is 5.36. The van der Waals surface area contributed by atoms with Crippen molar-refractivity contribution >= 4 is 5.97 Å². The molecular weight excluding hydrogens is 270 g/mol. The largest absolute Gasteiger partial charge is 0.492 e. The van der Waals surface area contributed by atoms with Gasteiger partial charge >= 0.3 is 5.97 Å². The summed E-state index contributed by atoms with van der Waals surface area (Å²) in [6.45, 7) is 3.59. The quantitative estimate of drug-likeness (QED) is 0.831. The number of ether oxygens (including phenoxy) is 2. The smallest absolute Gasteiger partial charge is 0.307 e. The van der Waals surface area contributed by atoms with E-state index in [-0.39, 0.29) is 6.42 Å². The maximum atomic E-state index is 10.6. The van der Waals surface area contributed by atoms with E-state index in [0.29, 0.717) is 12.7 Å². The zero-order chi connectivity index (χ0) is 15.1. The number of carboxylic acid groups (broad SMARTS) is 1. The minimum Gasteiger partial charge on any atom is -0.492 e. The maximum Gasteiger partial charge on any atom is 0.307 e. The topological polar surface area (TPSA) is 59.0 Å².